The standard InChI is InChI=1S/C21H21ClN4/c1-16-2-4-17(5-3-16)8-12-20(25-26-21-23-14-15-24-21)13-9-18-6-10-19(22)11-7-18/h2-13H,14-15H2,1H3,(H2,23,24,26). The van der Waals surface area contributed by atoms with Crippen molar-refractivity contribution in [3.63, 3.8) is 0 Å². The molecule has 0 aromatic heterocycles. The molecule has 1 aliphatic rings. The zero-order valence-electron chi connectivity index (χ0n) is 14.6. The van der Waals surface area contributed by atoms with Gasteiger partial charge in [0.05, 0.1) is 12.3 Å². The average Bonchev–Trinajstić information content (AvgIpc) is 3.17. The van der Waals surface area contributed by atoms with E-state index in [4.69, 9.17) is 11.6 Å². The quantitative estimate of drug-likeness (QED) is 0.614. The number of aliphatic imine (C=N–C) groups is 1. The summed E-state index contributed by atoms with van der Waals surface area (Å²) >= 11 is 5.94. The predicted octanol–water partition coefficient (Wildman–Crippen LogP) is 4.28. The molecule has 1 heterocycles. The first kappa shape index (κ1) is 18.0. The van der Waals surface area contributed by atoms with Crippen molar-refractivity contribution in [1.29, 1.82) is 0 Å². The highest BCUT2D eigenvalue weighted by atomic mass is 35.5. The maximum Gasteiger partial charge on any atom is 0.212 e. The molecule has 0 saturated carbocycles. The minimum absolute atomic E-state index is 0.700. The molecule has 0 saturated heterocycles. The van der Waals surface area contributed by atoms with E-state index in [0.29, 0.717) is 5.96 Å². The van der Waals surface area contributed by atoms with Crippen LogP contribution >= 0.6 is 11.6 Å². The molecule has 5 heteroatoms. The third-order valence-corrected chi connectivity index (χ3v) is 4.06. The molecule has 26 heavy (non-hydrogen) atoms. The molecule has 132 valence electrons. The first-order valence-corrected chi connectivity index (χ1v) is 8.87. The number of allylic oxidation sites excluding steroid dienone is 2. The Bertz CT molecular complexity index is 789. The topological polar surface area (TPSA) is 48.8 Å². The van der Waals surface area contributed by atoms with Gasteiger partial charge in [-0.25, -0.2) is 10.4 Å². The summed E-state index contributed by atoms with van der Waals surface area (Å²) in [6, 6.07) is 16.0. The van der Waals surface area contributed by atoms with Crippen molar-refractivity contribution >= 4 is 35.4 Å². The van der Waals surface area contributed by atoms with E-state index >= 15 is 0 Å². The smallest absolute Gasteiger partial charge is 0.212 e. The monoisotopic (exact) mass is 364 g/mol. The Morgan fingerprint density at radius 2 is 1.65 bits per heavy atom. The Kier molecular flexibility index (Phi) is 6.23. The molecule has 1 aliphatic heterocycles. The lowest BCUT2D eigenvalue weighted by atomic mass is 10.1. The summed E-state index contributed by atoms with van der Waals surface area (Å²) in [5.41, 5.74) is 7.19. The summed E-state index contributed by atoms with van der Waals surface area (Å²) in [6.07, 6.45) is 7.96. The number of halogens is 1. The molecule has 2 N–H and O–H groups in total. The molecular weight excluding hydrogens is 344 g/mol. The van der Waals surface area contributed by atoms with E-state index in [0.717, 1.165) is 35.0 Å². The van der Waals surface area contributed by atoms with Crippen molar-refractivity contribution in [3.05, 3.63) is 82.4 Å². The van der Waals surface area contributed by atoms with Crippen LogP contribution in [0, 0.1) is 6.92 Å². The van der Waals surface area contributed by atoms with Crippen LogP contribution in [0.4, 0.5) is 0 Å². The highest BCUT2D eigenvalue weighted by Crippen LogP contribution is 2.11. The van der Waals surface area contributed by atoms with Gasteiger partial charge < -0.3 is 5.32 Å². The van der Waals surface area contributed by atoms with Crippen LogP contribution in [0.15, 0.2) is 70.8 Å². The Morgan fingerprint density at radius 1 is 1.04 bits per heavy atom. The van der Waals surface area contributed by atoms with E-state index in [2.05, 4.69) is 52.0 Å². The maximum absolute atomic E-state index is 5.94. The average molecular weight is 365 g/mol. The van der Waals surface area contributed by atoms with E-state index in [1.165, 1.54) is 5.56 Å². The van der Waals surface area contributed by atoms with Crippen LogP contribution in [-0.4, -0.2) is 24.8 Å². The second kappa shape index (κ2) is 9.02. The lowest BCUT2D eigenvalue weighted by Gasteiger charge is -2.02. The number of guanidine groups is 1. The molecule has 0 spiro atoms. The van der Waals surface area contributed by atoms with Crippen LogP contribution in [-0.2, 0) is 0 Å². The zero-order valence-corrected chi connectivity index (χ0v) is 15.4. The minimum atomic E-state index is 0.700. The van der Waals surface area contributed by atoms with E-state index in [9.17, 15) is 0 Å². The Balaban J connectivity index is 1.77. The molecule has 0 unspecified atom stereocenters. The van der Waals surface area contributed by atoms with Gasteiger partial charge in [-0.2, -0.15) is 5.10 Å². The number of nitrogens with zero attached hydrogens (tertiary/aromatic N) is 2. The fourth-order valence-electron chi connectivity index (χ4n) is 2.34. The molecule has 0 fully saturated rings. The lowest BCUT2D eigenvalue weighted by Crippen LogP contribution is -2.30. The van der Waals surface area contributed by atoms with Gasteiger partial charge in [0.15, 0.2) is 0 Å². The van der Waals surface area contributed by atoms with Gasteiger partial charge in [-0.1, -0.05) is 65.7 Å². The number of hydrazone groups is 1. The van der Waals surface area contributed by atoms with Crippen LogP contribution in [0.2, 0.25) is 5.02 Å². The van der Waals surface area contributed by atoms with E-state index in [1.54, 1.807) is 0 Å². The Morgan fingerprint density at radius 3 is 2.23 bits per heavy atom. The number of nitrogens with one attached hydrogen (secondary N) is 2. The third kappa shape index (κ3) is 5.60. The van der Waals surface area contributed by atoms with E-state index in [-0.39, 0.29) is 0 Å². The van der Waals surface area contributed by atoms with Gasteiger partial charge in [-0.05, 0) is 42.3 Å². The Hall–Kier alpha value is -2.85. The fraction of sp³-hybridized carbons (Fsp3) is 0.143. The molecule has 0 radical (unpaired) electrons. The summed E-state index contributed by atoms with van der Waals surface area (Å²) in [7, 11) is 0. The maximum atomic E-state index is 5.94. The van der Waals surface area contributed by atoms with Crippen molar-refractivity contribution < 1.29 is 0 Å². The highest BCUT2D eigenvalue weighted by molar-refractivity contribution is 6.30. The van der Waals surface area contributed by atoms with Gasteiger partial charge in [0.25, 0.3) is 0 Å². The Labute approximate surface area is 159 Å². The van der Waals surface area contributed by atoms with Gasteiger partial charge in [0.2, 0.25) is 5.96 Å². The molecule has 0 amide bonds. The molecule has 2 aromatic carbocycles. The van der Waals surface area contributed by atoms with Crippen molar-refractivity contribution in [2.45, 2.75) is 6.92 Å². The molecular formula is C21H21ClN4. The largest absolute Gasteiger partial charge is 0.353 e. The number of benzene rings is 2. The van der Waals surface area contributed by atoms with Gasteiger partial charge in [-0.3, -0.25) is 0 Å². The SMILES string of the molecule is Cc1ccc(C=CC(C=Cc2ccc(Cl)cc2)=NNC2=NCCN2)cc1. The lowest BCUT2D eigenvalue weighted by molar-refractivity contribution is 0.918. The van der Waals surface area contributed by atoms with Gasteiger partial charge in [0, 0.05) is 11.6 Å². The molecule has 3 rings (SSSR count). The second-order valence-electron chi connectivity index (χ2n) is 5.93. The van der Waals surface area contributed by atoms with Gasteiger partial charge in [0.1, 0.15) is 0 Å². The van der Waals surface area contributed by atoms with E-state index in [1.807, 2.05) is 48.6 Å². The van der Waals surface area contributed by atoms with Crippen molar-refractivity contribution in [1.82, 2.24) is 10.7 Å². The predicted molar refractivity (Wildman–Crippen MR) is 112 cm³/mol. The molecule has 0 atom stereocenters. The van der Waals surface area contributed by atoms with Crippen LogP contribution in [0.5, 0.6) is 0 Å². The summed E-state index contributed by atoms with van der Waals surface area (Å²) in [6.45, 7) is 3.69. The third-order valence-electron chi connectivity index (χ3n) is 3.81. The molecule has 0 bridgehead atoms. The van der Waals surface area contributed by atoms with Crippen molar-refractivity contribution in [3.8, 4) is 0 Å². The summed E-state index contributed by atoms with van der Waals surface area (Å²) in [5.74, 6) is 0.700. The summed E-state index contributed by atoms with van der Waals surface area (Å²) in [5, 5.41) is 8.31. The molecule has 0 aliphatic carbocycles. The second-order valence-corrected chi connectivity index (χ2v) is 6.37. The number of hydrogen-bond acceptors (Lipinski definition) is 4. The first-order chi connectivity index (χ1) is 12.7. The number of hydrogen-bond donors (Lipinski definition) is 2. The van der Waals surface area contributed by atoms with Crippen LogP contribution in [0.3, 0.4) is 0 Å². The van der Waals surface area contributed by atoms with Crippen molar-refractivity contribution in [2.75, 3.05) is 13.1 Å². The number of aryl methyl sites for hydroxylation is 1. The van der Waals surface area contributed by atoms with Gasteiger partial charge >= 0.3 is 0 Å². The normalized spacial score (nSPS) is 14.7. The van der Waals surface area contributed by atoms with Crippen LogP contribution < -0.4 is 10.7 Å². The fourth-order valence-corrected chi connectivity index (χ4v) is 2.46. The molecule has 2 aromatic rings. The van der Waals surface area contributed by atoms with Crippen LogP contribution in [0.1, 0.15) is 16.7 Å². The van der Waals surface area contributed by atoms with Crippen LogP contribution in [0.25, 0.3) is 12.2 Å². The molecule has 4 nitrogen and oxygen atoms in total. The minimum Gasteiger partial charge on any atom is -0.353 e. The zero-order chi connectivity index (χ0) is 18.2. The van der Waals surface area contributed by atoms with Gasteiger partial charge in [-0.15, -0.1) is 0 Å². The summed E-state index contributed by atoms with van der Waals surface area (Å²) < 4.78 is 0. The summed E-state index contributed by atoms with van der Waals surface area (Å²) in [4.78, 5) is 4.29. The number of rotatable bonds is 5. The van der Waals surface area contributed by atoms with E-state index < -0.39 is 0 Å². The first-order valence-electron chi connectivity index (χ1n) is 8.49. The van der Waals surface area contributed by atoms with Crippen molar-refractivity contribution in [2.24, 2.45) is 10.1 Å². The highest BCUT2D eigenvalue weighted by Gasteiger charge is 2.02.